The lowest BCUT2D eigenvalue weighted by atomic mass is 10.2. The highest BCUT2D eigenvalue weighted by Crippen LogP contribution is 2.21. The van der Waals surface area contributed by atoms with Crippen LogP contribution in [-0.4, -0.2) is 5.33 Å². The van der Waals surface area contributed by atoms with E-state index in [0.29, 0.717) is 0 Å². The Bertz CT molecular complexity index is 428. The number of halogens is 1. The first-order valence-corrected chi connectivity index (χ1v) is 5.22. The predicted molar refractivity (Wildman–Crippen MR) is 59.0 cm³/mol. The van der Waals surface area contributed by atoms with E-state index in [4.69, 9.17) is 4.42 Å². The minimum atomic E-state index is 0.868. The molecule has 0 atom stereocenters. The lowest BCUT2D eigenvalue weighted by Gasteiger charge is -1.87. The largest absolute Gasteiger partial charge is 0.464 e. The van der Waals surface area contributed by atoms with E-state index in [1.165, 1.54) is 5.39 Å². The molecule has 0 bridgehead atoms. The molecule has 0 fully saturated rings. The first-order chi connectivity index (χ1) is 6.42. The van der Waals surface area contributed by atoms with E-state index < -0.39 is 0 Å². The Labute approximate surface area is 85.2 Å². The summed E-state index contributed by atoms with van der Waals surface area (Å²) in [6, 6.07) is 8.03. The molecule has 0 aliphatic rings. The maximum absolute atomic E-state index is 5.38. The molecule has 0 amide bonds. The van der Waals surface area contributed by atoms with Crippen LogP contribution in [0.25, 0.3) is 17.0 Å². The molecular weight excluding hydrogens is 228 g/mol. The topological polar surface area (TPSA) is 13.1 Å². The van der Waals surface area contributed by atoms with E-state index in [1.807, 2.05) is 18.2 Å². The number of allylic oxidation sites excluding steroid dienone is 1. The normalized spacial score (nSPS) is 11.5. The molecule has 0 aliphatic carbocycles. The summed E-state index contributed by atoms with van der Waals surface area (Å²) in [5.74, 6) is 0. The maximum atomic E-state index is 5.38. The van der Waals surface area contributed by atoms with Gasteiger partial charge in [0, 0.05) is 16.3 Å². The third-order valence-electron chi connectivity index (χ3n) is 1.90. The van der Waals surface area contributed by atoms with E-state index in [9.17, 15) is 0 Å². The molecule has 2 aromatic rings. The fourth-order valence-corrected chi connectivity index (χ4v) is 1.49. The summed E-state index contributed by atoms with van der Waals surface area (Å²) in [4.78, 5) is 0. The summed E-state index contributed by atoms with van der Waals surface area (Å²) >= 11 is 3.34. The summed E-state index contributed by atoms with van der Waals surface area (Å²) in [6.07, 6.45) is 5.89. The summed E-state index contributed by atoms with van der Waals surface area (Å²) in [5.41, 5.74) is 2.08. The number of hydrogen-bond acceptors (Lipinski definition) is 1. The van der Waals surface area contributed by atoms with Crippen LogP contribution < -0.4 is 0 Å². The Morgan fingerprint density at radius 1 is 1.31 bits per heavy atom. The number of rotatable bonds is 2. The van der Waals surface area contributed by atoms with Crippen LogP contribution in [-0.2, 0) is 0 Å². The van der Waals surface area contributed by atoms with Gasteiger partial charge in [-0.3, -0.25) is 0 Å². The van der Waals surface area contributed by atoms with Crippen molar-refractivity contribution in [3.8, 4) is 0 Å². The van der Waals surface area contributed by atoms with Gasteiger partial charge in [-0.1, -0.05) is 46.3 Å². The quantitative estimate of drug-likeness (QED) is 0.723. The highest BCUT2D eigenvalue weighted by Gasteiger charge is 1.99. The smallest absolute Gasteiger partial charge is 0.134 e. The maximum Gasteiger partial charge on any atom is 0.134 e. The van der Waals surface area contributed by atoms with Crippen molar-refractivity contribution in [1.82, 2.24) is 0 Å². The van der Waals surface area contributed by atoms with Crippen LogP contribution in [0.5, 0.6) is 0 Å². The average Bonchev–Trinajstić information content (AvgIpc) is 2.58. The lowest BCUT2D eigenvalue weighted by Crippen LogP contribution is -1.67. The molecule has 13 heavy (non-hydrogen) atoms. The zero-order valence-electron chi connectivity index (χ0n) is 7.03. The van der Waals surface area contributed by atoms with Gasteiger partial charge in [-0.25, -0.2) is 0 Å². The number of fused-ring (bicyclic) bond motifs is 1. The van der Waals surface area contributed by atoms with Gasteiger partial charge in [-0.05, 0) is 6.07 Å². The number of furan rings is 1. The van der Waals surface area contributed by atoms with Gasteiger partial charge >= 0.3 is 0 Å². The Morgan fingerprint density at radius 2 is 2.15 bits per heavy atom. The fraction of sp³-hybridized carbons (Fsp3) is 0.0909. The number of benzene rings is 1. The molecule has 2 rings (SSSR count). The molecule has 66 valence electrons. The highest BCUT2D eigenvalue weighted by molar-refractivity contribution is 9.09. The molecule has 0 aliphatic heterocycles. The standard InChI is InChI=1S/C11H9BrO/c12-7-3-4-9-8-13-11-6-2-1-5-10(9)11/h1-6,8H,7H2/b4-3+. The third-order valence-corrected chi connectivity index (χ3v) is 2.27. The van der Waals surface area contributed by atoms with Gasteiger partial charge in [0.1, 0.15) is 5.58 Å². The third kappa shape index (κ3) is 1.68. The number of hydrogen-bond donors (Lipinski definition) is 0. The van der Waals surface area contributed by atoms with Crippen molar-refractivity contribution in [2.24, 2.45) is 0 Å². The molecule has 0 unspecified atom stereocenters. The molecule has 1 aromatic carbocycles. The summed E-state index contributed by atoms with van der Waals surface area (Å²) in [7, 11) is 0. The summed E-state index contributed by atoms with van der Waals surface area (Å²) in [6.45, 7) is 0. The zero-order chi connectivity index (χ0) is 9.10. The van der Waals surface area contributed by atoms with Crippen molar-refractivity contribution in [3.05, 3.63) is 42.2 Å². The molecule has 1 heterocycles. The second-order valence-electron chi connectivity index (χ2n) is 2.74. The minimum absolute atomic E-state index is 0.868. The van der Waals surface area contributed by atoms with Crippen molar-refractivity contribution >= 4 is 33.0 Å². The van der Waals surface area contributed by atoms with Gasteiger partial charge < -0.3 is 4.42 Å². The summed E-state index contributed by atoms with van der Waals surface area (Å²) < 4.78 is 5.38. The molecule has 1 nitrogen and oxygen atoms in total. The van der Waals surface area contributed by atoms with Crippen LogP contribution in [0, 0.1) is 0 Å². The zero-order valence-corrected chi connectivity index (χ0v) is 8.62. The van der Waals surface area contributed by atoms with Gasteiger partial charge in [0.15, 0.2) is 0 Å². The first-order valence-electron chi connectivity index (χ1n) is 4.10. The van der Waals surface area contributed by atoms with E-state index in [0.717, 1.165) is 16.5 Å². The molecule has 0 radical (unpaired) electrons. The molecule has 0 N–H and O–H groups in total. The van der Waals surface area contributed by atoms with Gasteiger partial charge in [0.2, 0.25) is 0 Å². The van der Waals surface area contributed by atoms with Gasteiger partial charge in [-0.2, -0.15) is 0 Å². The molecule has 0 spiro atoms. The Kier molecular flexibility index (Phi) is 2.50. The van der Waals surface area contributed by atoms with Crippen molar-refractivity contribution in [2.45, 2.75) is 0 Å². The van der Waals surface area contributed by atoms with Gasteiger partial charge in [0.25, 0.3) is 0 Å². The molecular formula is C11H9BrO. The van der Waals surface area contributed by atoms with E-state index in [-0.39, 0.29) is 0 Å². The van der Waals surface area contributed by atoms with Crippen LogP contribution >= 0.6 is 15.9 Å². The Balaban J connectivity index is 2.52. The van der Waals surface area contributed by atoms with E-state index in [1.54, 1.807) is 6.26 Å². The van der Waals surface area contributed by atoms with Crippen LogP contribution in [0.4, 0.5) is 0 Å². The molecule has 0 saturated carbocycles. The van der Waals surface area contributed by atoms with Gasteiger partial charge in [-0.15, -0.1) is 0 Å². The lowest BCUT2D eigenvalue weighted by molar-refractivity contribution is 0.615. The van der Waals surface area contributed by atoms with Crippen LogP contribution in [0.3, 0.4) is 0 Å². The second-order valence-corrected chi connectivity index (χ2v) is 3.39. The Hall–Kier alpha value is -1.02. The fourth-order valence-electron chi connectivity index (χ4n) is 1.30. The van der Waals surface area contributed by atoms with Crippen molar-refractivity contribution in [3.63, 3.8) is 0 Å². The van der Waals surface area contributed by atoms with E-state index >= 15 is 0 Å². The number of alkyl halides is 1. The van der Waals surface area contributed by atoms with Gasteiger partial charge in [0.05, 0.1) is 6.26 Å². The average molecular weight is 237 g/mol. The SMILES string of the molecule is BrC/C=C/c1coc2ccccc12. The Morgan fingerprint density at radius 3 is 3.00 bits per heavy atom. The minimum Gasteiger partial charge on any atom is -0.464 e. The predicted octanol–water partition coefficient (Wildman–Crippen LogP) is 3.84. The molecule has 0 saturated heterocycles. The first kappa shape index (κ1) is 8.57. The molecule has 1 aromatic heterocycles. The van der Waals surface area contributed by atoms with Crippen LogP contribution in [0.2, 0.25) is 0 Å². The monoisotopic (exact) mass is 236 g/mol. The second kappa shape index (κ2) is 3.79. The van der Waals surface area contributed by atoms with Crippen molar-refractivity contribution in [1.29, 1.82) is 0 Å². The van der Waals surface area contributed by atoms with Crippen molar-refractivity contribution in [2.75, 3.05) is 5.33 Å². The van der Waals surface area contributed by atoms with Crippen molar-refractivity contribution < 1.29 is 4.42 Å². The molecule has 2 heteroatoms. The highest BCUT2D eigenvalue weighted by atomic mass is 79.9. The summed E-state index contributed by atoms with van der Waals surface area (Å²) in [5, 5.41) is 2.03. The number of para-hydroxylation sites is 1. The van der Waals surface area contributed by atoms with Crippen LogP contribution in [0.15, 0.2) is 41.0 Å². The van der Waals surface area contributed by atoms with E-state index in [2.05, 4.69) is 34.1 Å². The van der Waals surface area contributed by atoms with Crippen LogP contribution in [0.1, 0.15) is 5.56 Å².